The van der Waals surface area contributed by atoms with Gasteiger partial charge in [-0.15, -0.1) is 0 Å². The Bertz CT molecular complexity index is 201. The van der Waals surface area contributed by atoms with Gasteiger partial charge in [-0.2, -0.15) is 0 Å². The van der Waals surface area contributed by atoms with Crippen LogP contribution in [0.5, 0.6) is 0 Å². The van der Waals surface area contributed by atoms with E-state index in [1.165, 1.54) is 0 Å². The Morgan fingerprint density at radius 3 is 2.92 bits per heavy atom. The number of carbonyl (C=O) groups excluding carboxylic acids is 1. The predicted molar refractivity (Wildman–Crippen MR) is 51.2 cm³/mol. The molecule has 0 aromatic carbocycles. The Labute approximate surface area is 78.8 Å². The minimum absolute atomic E-state index is 0.107. The van der Waals surface area contributed by atoms with Crippen LogP contribution in [-0.4, -0.2) is 23.7 Å². The van der Waals surface area contributed by atoms with Crippen LogP contribution in [0.2, 0.25) is 0 Å². The molecule has 74 valence electrons. The molecule has 3 heteroatoms. The summed E-state index contributed by atoms with van der Waals surface area (Å²) in [7, 11) is 0. The zero-order valence-corrected chi connectivity index (χ0v) is 7.99. The fourth-order valence-corrected chi connectivity index (χ4v) is 1.52. The van der Waals surface area contributed by atoms with Crippen molar-refractivity contribution in [2.75, 3.05) is 6.61 Å². The van der Waals surface area contributed by atoms with E-state index in [9.17, 15) is 4.79 Å². The van der Waals surface area contributed by atoms with Gasteiger partial charge in [-0.1, -0.05) is 19.1 Å². The summed E-state index contributed by atoms with van der Waals surface area (Å²) >= 11 is 0. The Morgan fingerprint density at radius 1 is 1.62 bits per heavy atom. The molecule has 0 saturated carbocycles. The summed E-state index contributed by atoms with van der Waals surface area (Å²) in [5.41, 5.74) is 0. The number of amides is 1. The molecule has 0 aliphatic heterocycles. The molecule has 0 aromatic rings. The minimum Gasteiger partial charge on any atom is -0.396 e. The molecule has 0 bridgehead atoms. The fourth-order valence-electron chi connectivity index (χ4n) is 1.52. The second-order valence-electron chi connectivity index (χ2n) is 3.49. The normalized spacial score (nSPS) is 26.3. The van der Waals surface area contributed by atoms with Crippen LogP contribution >= 0.6 is 0 Å². The Hall–Kier alpha value is -0.830. The van der Waals surface area contributed by atoms with Crippen LogP contribution in [0, 0.1) is 5.92 Å². The lowest BCUT2D eigenvalue weighted by Crippen LogP contribution is -2.32. The molecule has 0 fully saturated rings. The number of aliphatic hydroxyl groups excluding tert-OH is 1. The van der Waals surface area contributed by atoms with Crippen LogP contribution in [-0.2, 0) is 4.79 Å². The third-order valence-corrected chi connectivity index (χ3v) is 2.23. The number of hydrogen-bond donors (Lipinski definition) is 2. The molecule has 3 nitrogen and oxygen atoms in total. The van der Waals surface area contributed by atoms with Gasteiger partial charge in [0.15, 0.2) is 0 Å². The van der Waals surface area contributed by atoms with Gasteiger partial charge < -0.3 is 10.4 Å². The number of rotatable bonds is 4. The summed E-state index contributed by atoms with van der Waals surface area (Å²) in [6.45, 7) is 2.16. The fraction of sp³-hybridized carbons (Fsp3) is 0.700. The van der Waals surface area contributed by atoms with Crippen molar-refractivity contribution >= 4 is 5.91 Å². The highest BCUT2D eigenvalue weighted by Crippen LogP contribution is 2.16. The Balaban J connectivity index is 2.25. The van der Waals surface area contributed by atoms with Gasteiger partial charge in [0.2, 0.25) is 5.91 Å². The monoisotopic (exact) mass is 183 g/mol. The topological polar surface area (TPSA) is 49.3 Å². The van der Waals surface area contributed by atoms with Gasteiger partial charge in [0, 0.05) is 25.0 Å². The van der Waals surface area contributed by atoms with Crippen molar-refractivity contribution in [1.82, 2.24) is 5.32 Å². The Morgan fingerprint density at radius 2 is 2.38 bits per heavy atom. The van der Waals surface area contributed by atoms with Crippen LogP contribution in [0.15, 0.2) is 12.2 Å². The number of aliphatic hydroxyl groups is 1. The molecule has 1 aliphatic rings. The van der Waals surface area contributed by atoms with Crippen molar-refractivity contribution in [2.24, 2.45) is 5.92 Å². The maximum absolute atomic E-state index is 11.2. The zero-order chi connectivity index (χ0) is 9.68. The van der Waals surface area contributed by atoms with Crippen molar-refractivity contribution in [3.8, 4) is 0 Å². The maximum atomic E-state index is 11.2. The van der Waals surface area contributed by atoms with Crippen molar-refractivity contribution in [3.05, 3.63) is 12.2 Å². The van der Waals surface area contributed by atoms with Gasteiger partial charge in [0.25, 0.3) is 0 Å². The molecule has 0 radical (unpaired) electrons. The third kappa shape index (κ3) is 3.19. The van der Waals surface area contributed by atoms with Crippen molar-refractivity contribution in [3.63, 3.8) is 0 Å². The van der Waals surface area contributed by atoms with Crippen molar-refractivity contribution < 1.29 is 9.90 Å². The average molecular weight is 183 g/mol. The molecule has 2 atom stereocenters. The molecule has 1 aliphatic carbocycles. The van der Waals surface area contributed by atoms with Gasteiger partial charge in [-0.3, -0.25) is 4.79 Å². The van der Waals surface area contributed by atoms with Crippen molar-refractivity contribution in [2.45, 2.75) is 32.2 Å². The van der Waals surface area contributed by atoms with Crippen LogP contribution in [0.4, 0.5) is 0 Å². The van der Waals surface area contributed by atoms with E-state index in [2.05, 4.69) is 5.32 Å². The summed E-state index contributed by atoms with van der Waals surface area (Å²) in [6.07, 6.45) is 6.25. The number of hydrogen-bond acceptors (Lipinski definition) is 2. The first-order chi connectivity index (χ1) is 6.26. The molecule has 1 amide bonds. The molecule has 0 spiro atoms. The second-order valence-corrected chi connectivity index (χ2v) is 3.49. The molecule has 0 saturated heterocycles. The standard InChI is InChI=1S/C10H17NO2/c1-2-3-10(13)11-9-5-4-8(6-9)7-12/h4-5,8-9,12H,2-3,6-7H2,1H3,(H,11,13)/t8?,9-/m1/s1. The highest BCUT2D eigenvalue weighted by molar-refractivity contribution is 5.76. The summed E-state index contributed by atoms with van der Waals surface area (Å²) in [6, 6.07) is 0.135. The first kappa shape index (κ1) is 10.3. The lowest BCUT2D eigenvalue weighted by molar-refractivity contribution is -0.121. The number of nitrogens with one attached hydrogen (secondary N) is 1. The van der Waals surface area contributed by atoms with E-state index in [4.69, 9.17) is 5.11 Å². The minimum atomic E-state index is 0.107. The SMILES string of the molecule is CCCC(=O)N[C@@H]1C=CC(CO)C1. The molecule has 1 unspecified atom stereocenters. The molecule has 13 heavy (non-hydrogen) atoms. The van der Waals surface area contributed by atoms with Gasteiger partial charge >= 0.3 is 0 Å². The molecular formula is C10H17NO2. The molecule has 2 N–H and O–H groups in total. The molecular weight excluding hydrogens is 166 g/mol. The van der Waals surface area contributed by atoms with Crippen molar-refractivity contribution in [1.29, 1.82) is 0 Å². The first-order valence-electron chi connectivity index (χ1n) is 4.84. The second kappa shape index (κ2) is 5.02. The van der Waals surface area contributed by atoms with E-state index < -0.39 is 0 Å². The molecule has 0 heterocycles. The number of carbonyl (C=O) groups is 1. The van der Waals surface area contributed by atoms with Gasteiger partial charge in [-0.05, 0) is 12.8 Å². The van der Waals surface area contributed by atoms with E-state index in [1.54, 1.807) is 0 Å². The third-order valence-electron chi connectivity index (χ3n) is 2.23. The van der Waals surface area contributed by atoms with E-state index in [1.807, 2.05) is 19.1 Å². The van der Waals surface area contributed by atoms with Crippen LogP contribution < -0.4 is 5.32 Å². The lowest BCUT2D eigenvalue weighted by Gasteiger charge is -2.11. The van der Waals surface area contributed by atoms with Crippen LogP contribution in [0.1, 0.15) is 26.2 Å². The van der Waals surface area contributed by atoms with E-state index in [-0.39, 0.29) is 24.5 Å². The molecule has 1 rings (SSSR count). The highest BCUT2D eigenvalue weighted by Gasteiger charge is 2.18. The highest BCUT2D eigenvalue weighted by atomic mass is 16.3. The summed E-state index contributed by atoms with van der Waals surface area (Å²) in [5.74, 6) is 0.336. The van der Waals surface area contributed by atoms with Gasteiger partial charge in [0.1, 0.15) is 0 Å². The van der Waals surface area contributed by atoms with E-state index in [0.717, 1.165) is 12.8 Å². The average Bonchev–Trinajstić information content (AvgIpc) is 2.52. The van der Waals surface area contributed by atoms with Gasteiger partial charge in [0.05, 0.1) is 0 Å². The smallest absolute Gasteiger partial charge is 0.220 e. The molecule has 0 aromatic heterocycles. The lowest BCUT2D eigenvalue weighted by atomic mass is 10.1. The predicted octanol–water partition coefficient (Wildman–Crippen LogP) is 0.840. The summed E-state index contributed by atoms with van der Waals surface area (Å²) in [5, 5.41) is 11.8. The first-order valence-corrected chi connectivity index (χ1v) is 4.84. The maximum Gasteiger partial charge on any atom is 0.220 e. The van der Waals surface area contributed by atoms with E-state index in [0.29, 0.717) is 6.42 Å². The van der Waals surface area contributed by atoms with Crippen LogP contribution in [0.25, 0.3) is 0 Å². The van der Waals surface area contributed by atoms with Crippen LogP contribution in [0.3, 0.4) is 0 Å². The zero-order valence-electron chi connectivity index (χ0n) is 7.99. The van der Waals surface area contributed by atoms with E-state index >= 15 is 0 Å². The summed E-state index contributed by atoms with van der Waals surface area (Å²) in [4.78, 5) is 11.2. The Kier molecular flexibility index (Phi) is 3.96. The van der Waals surface area contributed by atoms with Gasteiger partial charge in [-0.25, -0.2) is 0 Å². The quantitative estimate of drug-likeness (QED) is 0.634. The largest absolute Gasteiger partial charge is 0.396 e. The summed E-state index contributed by atoms with van der Waals surface area (Å²) < 4.78 is 0.